The Morgan fingerprint density at radius 1 is 1.68 bits per heavy atom. The van der Waals surface area contributed by atoms with Gasteiger partial charge < -0.3 is 16.2 Å². The first kappa shape index (κ1) is 13.6. The molecule has 1 unspecified atom stereocenters. The van der Waals surface area contributed by atoms with Gasteiger partial charge >= 0.3 is 5.97 Å². The van der Waals surface area contributed by atoms with Crippen LogP contribution in [0.1, 0.15) is 30.1 Å². The van der Waals surface area contributed by atoms with Gasteiger partial charge in [-0.3, -0.25) is 4.90 Å². The number of nitrogens with one attached hydrogen (secondary N) is 1. The van der Waals surface area contributed by atoms with Crippen molar-refractivity contribution >= 4 is 17.5 Å². The Morgan fingerprint density at radius 2 is 2.37 bits per heavy atom. The summed E-state index contributed by atoms with van der Waals surface area (Å²) in [5.41, 5.74) is 6.02. The Bertz CT molecular complexity index is 474. The molecule has 2 rings (SSSR count). The molecule has 6 heteroatoms. The topological polar surface area (TPSA) is 91.5 Å². The van der Waals surface area contributed by atoms with Crippen LogP contribution < -0.4 is 11.1 Å². The summed E-state index contributed by atoms with van der Waals surface area (Å²) >= 11 is 0. The van der Waals surface area contributed by atoms with Crippen molar-refractivity contribution in [3.63, 3.8) is 0 Å². The second-order valence-electron chi connectivity index (χ2n) is 5.10. The molecule has 0 bridgehead atoms. The fourth-order valence-electron chi connectivity index (χ4n) is 2.01. The first-order valence-corrected chi connectivity index (χ1v) is 6.43. The van der Waals surface area contributed by atoms with E-state index in [2.05, 4.69) is 29.2 Å². The van der Waals surface area contributed by atoms with E-state index in [1.165, 1.54) is 25.1 Å². The van der Waals surface area contributed by atoms with E-state index < -0.39 is 5.97 Å². The van der Waals surface area contributed by atoms with E-state index in [4.69, 9.17) is 10.8 Å². The molecular weight excluding hydrogens is 244 g/mol. The van der Waals surface area contributed by atoms with Crippen molar-refractivity contribution in [2.75, 3.05) is 24.6 Å². The highest BCUT2D eigenvalue weighted by Crippen LogP contribution is 2.27. The Morgan fingerprint density at radius 3 is 2.95 bits per heavy atom. The number of nitrogen functional groups attached to an aromatic ring is 1. The third kappa shape index (κ3) is 3.35. The van der Waals surface area contributed by atoms with E-state index in [-0.39, 0.29) is 5.56 Å². The van der Waals surface area contributed by atoms with Crippen LogP contribution in [-0.4, -0.2) is 46.6 Å². The Labute approximate surface area is 112 Å². The summed E-state index contributed by atoms with van der Waals surface area (Å²) in [6.45, 7) is 2.77. The molecule has 1 aliphatic rings. The lowest BCUT2D eigenvalue weighted by molar-refractivity contribution is 0.0697. The molecule has 1 heterocycles. The summed E-state index contributed by atoms with van der Waals surface area (Å²) in [7, 11) is 2.10. The van der Waals surface area contributed by atoms with E-state index >= 15 is 0 Å². The van der Waals surface area contributed by atoms with Gasteiger partial charge in [0.25, 0.3) is 0 Å². The predicted octanol–water partition coefficient (Wildman–Crippen LogP) is 1.26. The van der Waals surface area contributed by atoms with Crippen LogP contribution >= 0.6 is 0 Å². The molecule has 0 saturated heterocycles. The molecule has 1 aromatic heterocycles. The second-order valence-corrected chi connectivity index (χ2v) is 5.10. The molecule has 0 aromatic carbocycles. The molecule has 0 aliphatic heterocycles. The second kappa shape index (κ2) is 5.44. The van der Waals surface area contributed by atoms with Crippen molar-refractivity contribution in [1.29, 1.82) is 0 Å². The van der Waals surface area contributed by atoms with Crippen LogP contribution in [0, 0.1) is 0 Å². The number of aromatic nitrogens is 1. The third-order valence-corrected chi connectivity index (χ3v) is 3.52. The van der Waals surface area contributed by atoms with E-state index in [9.17, 15) is 4.79 Å². The first-order chi connectivity index (χ1) is 8.99. The average molecular weight is 264 g/mol. The molecular formula is C13H20N4O2. The van der Waals surface area contributed by atoms with Gasteiger partial charge in [-0.05, 0) is 32.9 Å². The number of hydrogen-bond acceptors (Lipinski definition) is 5. The number of aromatic carboxylic acids is 1. The minimum absolute atomic E-state index is 0.112. The lowest BCUT2D eigenvalue weighted by atomic mass is 10.2. The number of carboxylic acids is 1. The summed E-state index contributed by atoms with van der Waals surface area (Å²) in [6, 6.07) is 2.43. The van der Waals surface area contributed by atoms with Crippen molar-refractivity contribution < 1.29 is 9.90 Å². The van der Waals surface area contributed by atoms with Gasteiger partial charge in [0.1, 0.15) is 11.4 Å². The number of hydrogen-bond donors (Lipinski definition) is 3. The van der Waals surface area contributed by atoms with Gasteiger partial charge in [-0.15, -0.1) is 0 Å². The maximum Gasteiger partial charge on any atom is 0.339 e. The molecule has 19 heavy (non-hydrogen) atoms. The molecule has 1 fully saturated rings. The lowest BCUT2D eigenvalue weighted by Crippen LogP contribution is -2.36. The number of pyridine rings is 1. The molecule has 0 amide bonds. The highest BCUT2D eigenvalue weighted by Gasteiger charge is 2.29. The summed E-state index contributed by atoms with van der Waals surface area (Å²) in [6.07, 6.45) is 3.96. The maximum atomic E-state index is 11.1. The van der Waals surface area contributed by atoms with Crippen molar-refractivity contribution in [2.45, 2.75) is 31.8 Å². The SMILES string of the molecule is CC(CNc1ncc(N)cc1C(=O)O)N(C)C1CC1. The van der Waals surface area contributed by atoms with E-state index in [0.29, 0.717) is 30.1 Å². The van der Waals surface area contributed by atoms with Gasteiger partial charge in [0.05, 0.1) is 11.9 Å². The zero-order valence-electron chi connectivity index (χ0n) is 11.3. The molecule has 6 nitrogen and oxygen atoms in total. The van der Waals surface area contributed by atoms with Crippen LogP contribution in [0.4, 0.5) is 11.5 Å². The fraction of sp³-hybridized carbons (Fsp3) is 0.538. The third-order valence-electron chi connectivity index (χ3n) is 3.52. The van der Waals surface area contributed by atoms with Crippen molar-refractivity contribution in [2.24, 2.45) is 0 Å². The van der Waals surface area contributed by atoms with Crippen LogP contribution in [0.15, 0.2) is 12.3 Å². The van der Waals surface area contributed by atoms with Crippen molar-refractivity contribution in [1.82, 2.24) is 9.88 Å². The fourth-order valence-corrected chi connectivity index (χ4v) is 2.01. The number of nitrogens with two attached hydrogens (primary N) is 1. The first-order valence-electron chi connectivity index (χ1n) is 6.43. The molecule has 1 aromatic rings. The molecule has 1 aliphatic carbocycles. The number of rotatable bonds is 6. The van der Waals surface area contributed by atoms with Crippen LogP contribution in [0.5, 0.6) is 0 Å². The number of anilines is 2. The number of carboxylic acid groups (broad SMARTS) is 1. The molecule has 1 atom stereocenters. The van der Waals surface area contributed by atoms with E-state index in [1.807, 2.05) is 0 Å². The molecule has 1 saturated carbocycles. The maximum absolute atomic E-state index is 11.1. The van der Waals surface area contributed by atoms with Crippen molar-refractivity contribution in [3.05, 3.63) is 17.8 Å². The van der Waals surface area contributed by atoms with E-state index in [1.54, 1.807) is 0 Å². The van der Waals surface area contributed by atoms with Crippen LogP contribution in [0.2, 0.25) is 0 Å². The minimum atomic E-state index is -1.02. The lowest BCUT2D eigenvalue weighted by Gasteiger charge is -2.25. The standard InChI is InChI=1S/C13H20N4O2/c1-8(17(2)10-3-4-10)6-15-12-11(13(18)19)5-9(14)7-16-12/h5,7-8,10H,3-4,6,14H2,1-2H3,(H,15,16)(H,18,19). The van der Waals surface area contributed by atoms with Gasteiger partial charge in [-0.2, -0.15) is 0 Å². The highest BCUT2D eigenvalue weighted by atomic mass is 16.4. The highest BCUT2D eigenvalue weighted by molar-refractivity contribution is 5.94. The predicted molar refractivity (Wildman–Crippen MR) is 74.3 cm³/mol. The summed E-state index contributed by atoms with van der Waals surface area (Å²) < 4.78 is 0. The van der Waals surface area contributed by atoms with Gasteiger partial charge in [-0.1, -0.05) is 0 Å². The zero-order chi connectivity index (χ0) is 14.0. The molecule has 4 N–H and O–H groups in total. The Balaban J connectivity index is 2.00. The number of carbonyl (C=O) groups is 1. The largest absolute Gasteiger partial charge is 0.478 e. The summed E-state index contributed by atoms with van der Waals surface area (Å²) in [5, 5.41) is 12.2. The van der Waals surface area contributed by atoms with Gasteiger partial charge in [-0.25, -0.2) is 9.78 Å². The number of likely N-dealkylation sites (N-methyl/N-ethyl adjacent to an activating group) is 1. The quantitative estimate of drug-likeness (QED) is 0.716. The molecule has 0 spiro atoms. The summed E-state index contributed by atoms with van der Waals surface area (Å²) in [5.74, 6) is -0.650. The van der Waals surface area contributed by atoms with Crippen LogP contribution in [0.3, 0.4) is 0 Å². The summed E-state index contributed by atoms with van der Waals surface area (Å²) in [4.78, 5) is 17.5. The van der Waals surface area contributed by atoms with Gasteiger partial charge in [0.2, 0.25) is 0 Å². The normalized spacial score (nSPS) is 16.4. The molecule has 104 valence electrons. The van der Waals surface area contributed by atoms with Crippen LogP contribution in [0.25, 0.3) is 0 Å². The smallest absolute Gasteiger partial charge is 0.339 e. The van der Waals surface area contributed by atoms with Gasteiger partial charge in [0.15, 0.2) is 0 Å². The van der Waals surface area contributed by atoms with Crippen molar-refractivity contribution in [3.8, 4) is 0 Å². The molecule has 0 radical (unpaired) electrons. The zero-order valence-corrected chi connectivity index (χ0v) is 11.3. The number of nitrogens with zero attached hydrogens (tertiary/aromatic N) is 2. The minimum Gasteiger partial charge on any atom is -0.478 e. The van der Waals surface area contributed by atoms with E-state index in [0.717, 1.165) is 0 Å². The Hall–Kier alpha value is -1.82. The Kier molecular flexibility index (Phi) is 3.90. The monoisotopic (exact) mass is 264 g/mol. The van der Waals surface area contributed by atoms with Crippen LogP contribution in [-0.2, 0) is 0 Å². The van der Waals surface area contributed by atoms with Gasteiger partial charge in [0, 0.05) is 18.6 Å². The average Bonchev–Trinajstić information content (AvgIpc) is 3.20.